The number of thiophene rings is 1. The Kier molecular flexibility index (Phi) is 5.10. The number of aromatic amines is 1. The zero-order valence-corrected chi connectivity index (χ0v) is 16.3. The van der Waals surface area contributed by atoms with Crippen LogP contribution < -0.4 is 16.6 Å². The van der Waals surface area contributed by atoms with Crippen LogP contribution in [0.5, 0.6) is 0 Å². The number of H-pyrrole nitrogens is 1. The molecule has 0 saturated heterocycles. The van der Waals surface area contributed by atoms with E-state index in [4.69, 9.17) is 11.6 Å². The van der Waals surface area contributed by atoms with E-state index in [1.54, 1.807) is 42.6 Å². The molecule has 1 amide bonds. The van der Waals surface area contributed by atoms with E-state index in [1.165, 1.54) is 28.3 Å². The van der Waals surface area contributed by atoms with E-state index in [2.05, 4.69) is 20.6 Å². The fourth-order valence-electron chi connectivity index (χ4n) is 2.62. The number of halogens is 1. The normalized spacial score (nSPS) is 10.8. The molecule has 0 fully saturated rings. The highest BCUT2D eigenvalue weighted by Gasteiger charge is 2.10. The molecule has 3 aromatic heterocycles. The second-order valence-corrected chi connectivity index (χ2v) is 7.63. The molecule has 3 heterocycles. The molecule has 4 aromatic rings. The molecule has 0 atom stereocenters. The van der Waals surface area contributed by atoms with Crippen molar-refractivity contribution in [2.24, 2.45) is 0 Å². The van der Waals surface area contributed by atoms with E-state index in [0.717, 1.165) is 4.57 Å². The van der Waals surface area contributed by atoms with Crippen molar-refractivity contribution >= 4 is 28.8 Å². The Morgan fingerprint density at radius 1 is 1.10 bits per heavy atom. The number of nitrogens with zero attached hydrogens (tertiary/aromatic N) is 4. The van der Waals surface area contributed by atoms with Gasteiger partial charge in [-0.25, -0.2) is 14.0 Å². The first kappa shape index (κ1) is 18.8. The van der Waals surface area contributed by atoms with Gasteiger partial charge in [0.15, 0.2) is 0 Å². The van der Waals surface area contributed by atoms with E-state index in [1.807, 2.05) is 0 Å². The smallest absolute Gasteiger partial charge is 0.332 e. The summed E-state index contributed by atoms with van der Waals surface area (Å²) in [5.74, 6) is -0.237. The standard InChI is InChI=1S/C18H13ClN6O3S/c19-15-6-5-14(29-15)17(27)21-9-11-10-24(23-22-11)12-1-3-13(4-2-12)25-16(26)7-8-20-18(25)28/h1-8,10H,9H2,(H,20,28)(H,21,27). The minimum Gasteiger partial charge on any atom is -0.346 e. The molecular weight excluding hydrogens is 416 g/mol. The van der Waals surface area contributed by atoms with Crippen LogP contribution in [0.1, 0.15) is 15.4 Å². The van der Waals surface area contributed by atoms with Gasteiger partial charge in [-0.15, -0.1) is 16.4 Å². The van der Waals surface area contributed by atoms with E-state index >= 15 is 0 Å². The van der Waals surface area contributed by atoms with Crippen molar-refractivity contribution < 1.29 is 4.79 Å². The fourth-order valence-corrected chi connectivity index (χ4v) is 3.58. The number of carbonyl (C=O) groups is 1. The minimum atomic E-state index is -0.518. The average molecular weight is 429 g/mol. The van der Waals surface area contributed by atoms with Gasteiger partial charge in [-0.3, -0.25) is 9.59 Å². The highest BCUT2D eigenvalue weighted by Crippen LogP contribution is 2.21. The molecule has 0 saturated carbocycles. The van der Waals surface area contributed by atoms with Gasteiger partial charge in [0.05, 0.1) is 33.3 Å². The number of carbonyl (C=O) groups excluding carboxylic acids is 1. The first-order valence-corrected chi connectivity index (χ1v) is 9.57. The molecule has 0 aliphatic heterocycles. The highest BCUT2D eigenvalue weighted by molar-refractivity contribution is 7.17. The minimum absolute atomic E-state index is 0.210. The maximum atomic E-state index is 12.1. The van der Waals surface area contributed by atoms with E-state index in [-0.39, 0.29) is 12.5 Å². The summed E-state index contributed by atoms with van der Waals surface area (Å²) in [6.07, 6.45) is 2.98. The monoisotopic (exact) mass is 428 g/mol. The Morgan fingerprint density at radius 3 is 2.55 bits per heavy atom. The van der Waals surface area contributed by atoms with Crippen LogP contribution in [0.2, 0.25) is 4.34 Å². The molecule has 4 rings (SSSR count). The summed E-state index contributed by atoms with van der Waals surface area (Å²) in [5, 5.41) is 10.8. The predicted octanol–water partition coefficient (Wildman–Crippen LogP) is 1.75. The maximum Gasteiger partial charge on any atom is 0.332 e. The lowest BCUT2D eigenvalue weighted by molar-refractivity contribution is 0.0954. The van der Waals surface area contributed by atoms with E-state index in [9.17, 15) is 14.4 Å². The number of aromatic nitrogens is 5. The quantitative estimate of drug-likeness (QED) is 0.502. The second kappa shape index (κ2) is 7.86. The van der Waals surface area contributed by atoms with Gasteiger partial charge in [0.25, 0.3) is 11.5 Å². The highest BCUT2D eigenvalue weighted by atomic mass is 35.5. The average Bonchev–Trinajstić information content (AvgIpc) is 3.36. The van der Waals surface area contributed by atoms with Crippen molar-refractivity contribution in [2.75, 3.05) is 0 Å². The van der Waals surface area contributed by atoms with Crippen LogP contribution in [0.4, 0.5) is 0 Å². The van der Waals surface area contributed by atoms with Crippen LogP contribution in [-0.4, -0.2) is 30.5 Å². The molecule has 0 radical (unpaired) electrons. The Bertz CT molecular complexity index is 1260. The summed E-state index contributed by atoms with van der Waals surface area (Å²) in [5.41, 5.74) is 0.747. The van der Waals surface area contributed by atoms with Gasteiger partial charge in [-0.05, 0) is 36.4 Å². The van der Waals surface area contributed by atoms with Crippen LogP contribution >= 0.6 is 22.9 Å². The first-order valence-electron chi connectivity index (χ1n) is 8.37. The van der Waals surface area contributed by atoms with Crippen LogP contribution in [0.25, 0.3) is 11.4 Å². The lowest BCUT2D eigenvalue weighted by Crippen LogP contribution is -2.32. The molecule has 9 nitrogen and oxygen atoms in total. The van der Waals surface area contributed by atoms with Crippen molar-refractivity contribution in [1.29, 1.82) is 0 Å². The fraction of sp³-hybridized carbons (Fsp3) is 0.0556. The molecule has 29 heavy (non-hydrogen) atoms. The van der Waals surface area contributed by atoms with Gasteiger partial charge in [0.1, 0.15) is 5.69 Å². The van der Waals surface area contributed by atoms with Gasteiger partial charge in [-0.2, -0.15) is 0 Å². The third kappa shape index (κ3) is 4.03. The third-order valence-corrected chi connectivity index (χ3v) is 5.23. The van der Waals surface area contributed by atoms with Crippen LogP contribution in [-0.2, 0) is 6.54 Å². The zero-order chi connectivity index (χ0) is 20.4. The SMILES string of the molecule is O=C(NCc1cn(-c2ccc(-n3c(=O)cc[nH]c3=O)cc2)nn1)c1ccc(Cl)s1. The summed E-state index contributed by atoms with van der Waals surface area (Å²) in [4.78, 5) is 38.8. The molecule has 11 heteroatoms. The predicted molar refractivity (Wildman–Crippen MR) is 108 cm³/mol. The molecule has 1 aromatic carbocycles. The van der Waals surface area contributed by atoms with Crippen molar-refractivity contribution in [2.45, 2.75) is 6.54 Å². The van der Waals surface area contributed by atoms with Gasteiger partial charge < -0.3 is 10.3 Å². The zero-order valence-electron chi connectivity index (χ0n) is 14.7. The Labute approximate surface area is 172 Å². The van der Waals surface area contributed by atoms with Crippen LogP contribution in [0.15, 0.2) is 64.4 Å². The maximum absolute atomic E-state index is 12.1. The summed E-state index contributed by atoms with van der Waals surface area (Å²) in [6, 6.07) is 11.3. The lowest BCUT2D eigenvalue weighted by Gasteiger charge is -2.05. The number of rotatable bonds is 5. The summed E-state index contributed by atoms with van der Waals surface area (Å²) < 4.78 is 3.11. The van der Waals surface area contributed by atoms with Gasteiger partial charge in [-0.1, -0.05) is 16.8 Å². The lowest BCUT2D eigenvalue weighted by atomic mass is 10.2. The first-order chi connectivity index (χ1) is 14.0. The summed E-state index contributed by atoms with van der Waals surface area (Å²) in [6.45, 7) is 0.210. The van der Waals surface area contributed by atoms with Crippen LogP contribution in [0, 0.1) is 0 Å². The molecule has 0 aliphatic rings. The largest absolute Gasteiger partial charge is 0.346 e. The number of nitrogens with one attached hydrogen (secondary N) is 2. The van der Waals surface area contributed by atoms with Crippen molar-refractivity contribution in [3.05, 3.63) is 90.6 Å². The van der Waals surface area contributed by atoms with E-state index < -0.39 is 11.2 Å². The van der Waals surface area contributed by atoms with Gasteiger partial charge in [0.2, 0.25) is 0 Å². The Morgan fingerprint density at radius 2 is 1.86 bits per heavy atom. The molecule has 2 N–H and O–H groups in total. The second-order valence-electron chi connectivity index (χ2n) is 5.91. The Hall–Kier alpha value is -3.50. The molecule has 0 unspecified atom stereocenters. The number of hydrogen-bond acceptors (Lipinski definition) is 6. The van der Waals surface area contributed by atoms with Crippen molar-refractivity contribution in [1.82, 2.24) is 29.9 Å². The third-order valence-electron chi connectivity index (χ3n) is 4.00. The van der Waals surface area contributed by atoms with Gasteiger partial charge in [0, 0.05) is 12.3 Å². The summed E-state index contributed by atoms with van der Waals surface area (Å²) >= 11 is 7.03. The molecular formula is C18H13ClN6O3S. The summed E-state index contributed by atoms with van der Waals surface area (Å²) in [7, 11) is 0. The molecule has 0 aliphatic carbocycles. The topological polar surface area (TPSA) is 115 Å². The number of hydrogen-bond donors (Lipinski definition) is 2. The van der Waals surface area contributed by atoms with Crippen molar-refractivity contribution in [3.63, 3.8) is 0 Å². The van der Waals surface area contributed by atoms with Crippen LogP contribution in [0.3, 0.4) is 0 Å². The number of benzene rings is 1. The molecule has 0 bridgehead atoms. The van der Waals surface area contributed by atoms with Gasteiger partial charge >= 0.3 is 5.69 Å². The molecule has 146 valence electrons. The molecule has 0 spiro atoms. The van der Waals surface area contributed by atoms with Crippen molar-refractivity contribution in [3.8, 4) is 11.4 Å². The Balaban J connectivity index is 1.47. The number of amides is 1. The van der Waals surface area contributed by atoms with E-state index in [0.29, 0.717) is 26.3 Å².